The second kappa shape index (κ2) is 37.3. The smallest absolute Gasteiger partial charge is 0.462 e. The third-order valence-electron chi connectivity index (χ3n) is 7.96. The summed E-state index contributed by atoms with van der Waals surface area (Å²) in [6.45, 7) is 3.50. The first-order valence-electron chi connectivity index (χ1n) is 19.7. The quantitative estimate of drug-likeness (QED) is 0.0286. The van der Waals surface area contributed by atoms with Gasteiger partial charge in [0.2, 0.25) is 0 Å². The molecule has 0 aromatic heterocycles. The van der Waals surface area contributed by atoms with Gasteiger partial charge in [0, 0.05) is 12.8 Å². The normalized spacial score (nSPS) is 13.3. The number of allylic oxidation sites excluding steroid dienone is 12. The van der Waals surface area contributed by atoms with Crippen LogP contribution in [0.3, 0.4) is 0 Å². The average molecular weight is 735 g/mol. The fraction of sp³-hybridized carbons (Fsp3) is 0.667. The van der Waals surface area contributed by atoms with Crippen molar-refractivity contribution < 1.29 is 37.9 Å². The molecule has 0 heterocycles. The summed E-state index contributed by atoms with van der Waals surface area (Å²) in [4.78, 5) is 42.7. The number of rotatable bonds is 35. The molecule has 0 bridgehead atoms. The molecule has 1 atom stereocenters. The summed E-state index contributed by atoms with van der Waals surface area (Å²) < 4.78 is 26.3. The number of carbonyl (C=O) groups excluding carboxylic acids is 2. The zero-order valence-electron chi connectivity index (χ0n) is 32.0. The fourth-order valence-corrected chi connectivity index (χ4v) is 5.41. The molecule has 0 rings (SSSR count). The summed E-state index contributed by atoms with van der Waals surface area (Å²) in [5.74, 6) is -0.968. The minimum Gasteiger partial charge on any atom is -0.462 e. The number of phosphoric ester groups is 1. The van der Waals surface area contributed by atoms with E-state index < -0.39 is 32.5 Å². The first-order chi connectivity index (χ1) is 24.8. The Morgan fingerprint density at radius 2 is 0.961 bits per heavy atom. The van der Waals surface area contributed by atoms with Crippen molar-refractivity contribution >= 4 is 19.8 Å². The van der Waals surface area contributed by atoms with Gasteiger partial charge in [0.25, 0.3) is 0 Å². The molecule has 0 aromatic rings. The van der Waals surface area contributed by atoms with Gasteiger partial charge in [0.05, 0.1) is 6.61 Å². The fourth-order valence-electron chi connectivity index (χ4n) is 5.05. The predicted molar refractivity (Wildman–Crippen MR) is 211 cm³/mol. The van der Waals surface area contributed by atoms with Crippen LogP contribution in [0, 0.1) is 0 Å². The highest BCUT2D eigenvalue weighted by Crippen LogP contribution is 2.36. The summed E-state index contributed by atoms with van der Waals surface area (Å²) in [6, 6.07) is 0. The lowest BCUT2D eigenvalue weighted by Crippen LogP contribution is -2.29. The Bertz CT molecular complexity index is 1050. The van der Waals surface area contributed by atoms with Crippen molar-refractivity contribution in [2.45, 2.75) is 168 Å². The van der Waals surface area contributed by atoms with E-state index in [2.05, 4.69) is 79.1 Å². The number of hydrogen-bond acceptors (Lipinski definition) is 6. The summed E-state index contributed by atoms with van der Waals surface area (Å²) in [5, 5.41) is 0. The van der Waals surface area contributed by atoms with Crippen molar-refractivity contribution in [3.05, 3.63) is 72.9 Å². The number of ether oxygens (including phenoxy) is 2. The first kappa shape index (κ1) is 48.5. The lowest BCUT2D eigenvalue weighted by Gasteiger charge is -2.18. The number of hydrogen-bond donors (Lipinski definition) is 2. The van der Waals surface area contributed by atoms with Gasteiger partial charge in [-0.1, -0.05) is 145 Å². The molecule has 51 heavy (non-hydrogen) atoms. The molecule has 0 spiro atoms. The molecule has 0 aliphatic carbocycles. The Morgan fingerprint density at radius 1 is 0.529 bits per heavy atom. The maximum absolute atomic E-state index is 12.4. The monoisotopic (exact) mass is 734 g/mol. The molecule has 292 valence electrons. The first-order valence-corrected chi connectivity index (χ1v) is 21.3. The number of phosphoric acid groups is 1. The maximum Gasteiger partial charge on any atom is 0.469 e. The van der Waals surface area contributed by atoms with Gasteiger partial charge >= 0.3 is 19.8 Å². The van der Waals surface area contributed by atoms with Crippen LogP contribution in [0.25, 0.3) is 0 Å². The third kappa shape index (κ3) is 40.1. The summed E-state index contributed by atoms with van der Waals surface area (Å²) in [5.41, 5.74) is 0. The molecule has 9 heteroatoms. The lowest BCUT2D eigenvalue weighted by molar-refractivity contribution is -0.161. The second-order valence-corrected chi connectivity index (χ2v) is 14.1. The van der Waals surface area contributed by atoms with Gasteiger partial charge in [-0.05, 0) is 77.0 Å². The molecular weight excluding hydrogens is 663 g/mol. The van der Waals surface area contributed by atoms with E-state index in [1.54, 1.807) is 0 Å². The number of esters is 2. The Labute approximate surface area is 310 Å². The molecule has 1 unspecified atom stereocenters. The standard InChI is InChI=1S/C42H71O8P/c1-3-5-7-9-11-13-15-17-19-21-23-25-27-29-31-33-35-37-42(44)50-40(39-49-51(45,46)47)38-48-41(43)36-34-32-30-28-26-24-22-20-18-16-14-12-10-8-6-4-2/h5,7,11,13,17,19-20,22-23,25,29,31,40H,3-4,6,8-10,12,14-16,18,21,24,26-28,30,32-39H2,1-2H3,(H2,45,46,47)/b7-5-,13-11-,19-17-,22-20-,25-23-,31-29-. The van der Waals surface area contributed by atoms with Gasteiger partial charge in [-0.25, -0.2) is 4.57 Å². The summed E-state index contributed by atoms with van der Waals surface area (Å²) in [6.07, 6.45) is 47.7. The SMILES string of the molecule is CC/C=C\C/C=C\C/C=C\C/C=C\C/C=C\CCCC(=O)OC(COC(=O)CCCCCCC/C=C\CCCCCCCCC)COP(=O)(O)O. The molecule has 2 N–H and O–H groups in total. The highest BCUT2D eigenvalue weighted by Gasteiger charge is 2.22. The average Bonchev–Trinajstić information content (AvgIpc) is 3.10. The minimum absolute atomic E-state index is 0.129. The topological polar surface area (TPSA) is 119 Å². The zero-order valence-corrected chi connectivity index (χ0v) is 32.9. The molecule has 0 saturated carbocycles. The van der Waals surface area contributed by atoms with Gasteiger partial charge in [0.15, 0.2) is 6.10 Å². The van der Waals surface area contributed by atoms with Crippen LogP contribution in [0.15, 0.2) is 72.9 Å². The van der Waals surface area contributed by atoms with E-state index in [9.17, 15) is 14.2 Å². The van der Waals surface area contributed by atoms with Crippen LogP contribution in [-0.4, -0.2) is 41.0 Å². The van der Waals surface area contributed by atoms with Crippen molar-refractivity contribution in [3.8, 4) is 0 Å². The molecular formula is C42H71O8P. The van der Waals surface area contributed by atoms with Crippen LogP contribution in [0.1, 0.15) is 162 Å². The molecule has 0 aliphatic rings. The van der Waals surface area contributed by atoms with Crippen LogP contribution in [-0.2, 0) is 28.2 Å². The van der Waals surface area contributed by atoms with Gasteiger partial charge in [-0.3, -0.25) is 14.1 Å². The zero-order chi connectivity index (χ0) is 37.5. The maximum atomic E-state index is 12.4. The highest BCUT2D eigenvalue weighted by atomic mass is 31.2. The number of carbonyl (C=O) groups is 2. The Kier molecular flexibility index (Phi) is 35.4. The largest absolute Gasteiger partial charge is 0.469 e. The van der Waals surface area contributed by atoms with Crippen molar-refractivity contribution in [1.29, 1.82) is 0 Å². The highest BCUT2D eigenvalue weighted by molar-refractivity contribution is 7.46. The van der Waals surface area contributed by atoms with E-state index in [1.807, 2.05) is 12.2 Å². The Balaban J connectivity index is 4.08. The van der Waals surface area contributed by atoms with Crippen LogP contribution in [0.4, 0.5) is 0 Å². The van der Waals surface area contributed by atoms with Crippen LogP contribution in [0.5, 0.6) is 0 Å². The predicted octanol–water partition coefficient (Wildman–Crippen LogP) is 11.9. The van der Waals surface area contributed by atoms with E-state index in [0.29, 0.717) is 19.3 Å². The van der Waals surface area contributed by atoms with E-state index >= 15 is 0 Å². The molecule has 0 amide bonds. The second-order valence-electron chi connectivity index (χ2n) is 12.9. The van der Waals surface area contributed by atoms with Crippen LogP contribution in [0.2, 0.25) is 0 Å². The van der Waals surface area contributed by atoms with E-state index in [1.165, 1.54) is 51.4 Å². The van der Waals surface area contributed by atoms with Gasteiger partial charge in [0.1, 0.15) is 6.61 Å². The molecule has 0 aliphatic heterocycles. The van der Waals surface area contributed by atoms with Gasteiger partial charge in [-0.15, -0.1) is 0 Å². The van der Waals surface area contributed by atoms with Crippen LogP contribution >= 0.6 is 7.82 Å². The van der Waals surface area contributed by atoms with E-state index in [4.69, 9.17) is 19.3 Å². The van der Waals surface area contributed by atoms with Crippen molar-refractivity contribution in [1.82, 2.24) is 0 Å². The minimum atomic E-state index is -4.77. The van der Waals surface area contributed by atoms with E-state index in [0.717, 1.165) is 64.2 Å². The van der Waals surface area contributed by atoms with Gasteiger partial charge < -0.3 is 19.3 Å². The summed E-state index contributed by atoms with van der Waals surface area (Å²) >= 11 is 0. The molecule has 0 saturated heterocycles. The van der Waals surface area contributed by atoms with Gasteiger partial charge in [-0.2, -0.15) is 0 Å². The van der Waals surface area contributed by atoms with Crippen molar-refractivity contribution in [3.63, 3.8) is 0 Å². The van der Waals surface area contributed by atoms with Crippen molar-refractivity contribution in [2.24, 2.45) is 0 Å². The van der Waals surface area contributed by atoms with Crippen LogP contribution < -0.4 is 0 Å². The molecule has 0 radical (unpaired) electrons. The Morgan fingerprint density at radius 3 is 1.49 bits per heavy atom. The summed E-state index contributed by atoms with van der Waals surface area (Å²) in [7, 11) is -4.77. The van der Waals surface area contributed by atoms with Crippen molar-refractivity contribution in [2.75, 3.05) is 13.2 Å². The molecule has 0 fully saturated rings. The number of unbranched alkanes of at least 4 members (excludes halogenated alkanes) is 13. The molecule has 8 nitrogen and oxygen atoms in total. The lowest BCUT2D eigenvalue weighted by atomic mass is 10.1. The Hall–Kier alpha value is -2.51. The third-order valence-corrected chi connectivity index (χ3v) is 8.44. The molecule has 0 aromatic carbocycles. The van der Waals surface area contributed by atoms with E-state index in [-0.39, 0.29) is 19.4 Å².